The lowest BCUT2D eigenvalue weighted by Crippen LogP contribution is -2.09. The summed E-state index contributed by atoms with van der Waals surface area (Å²) in [5, 5.41) is 1.75. The SMILES string of the molecule is Cc1ccccc1-n1ccc2c(Cl)c(CCC3OCCO3)cnc21. The van der Waals surface area contributed by atoms with Gasteiger partial charge in [0, 0.05) is 29.9 Å². The number of hydrogen-bond donors (Lipinski definition) is 0. The van der Waals surface area contributed by atoms with Crippen LogP contribution >= 0.6 is 11.6 Å². The minimum Gasteiger partial charge on any atom is -0.350 e. The molecule has 0 saturated carbocycles. The molecule has 0 bridgehead atoms. The number of para-hydroxylation sites is 1. The van der Waals surface area contributed by atoms with E-state index in [1.54, 1.807) is 0 Å². The molecule has 0 aliphatic carbocycles. The fraction of sp³-hybridized carbons (Fsp3) is 0.316. The molecule has 3 aromatic rings. The summed E-state index contributed by atoms with van der Waals surface area (Å²) in [7, 11) is 0. The minimum atomic E-state index is -0.117. The van der Waals surface area contributed by atoms with Gasteiger partial charge in [0.15, 0.2) is 6.29 Å². The smallest absolute Gasteiger partial charge is 0.158 e. The maximum absolute atomic E-state index is 6.63. The van der Waals surface area contributed by atoms with Crippen molar-refractivity contribution in [3.05, 3.63) is 58.9 Å². The predicted octanol–water partition coefficient (Wildman–Crippen LogP) is 4.29. The van der Waals surface area contributed by atoms with Crippen molar-refractivity contribution in [1.82, 2.24) is 9.55 Å². The fourth-order valence-corrected chi connectivity index (χ4v) is 3.44. The minimum absolute atomic E-state index is 0.117. The molecule has 1 aliphatic heterocycles. The summed E-state index contributed by atoms with van der Waals surface area (Å²) >= 11 is 6.63. The Morgan fingerprint density at radius 2 is 2.00 bits per heavy atom. The summed E-state index contributed by atoms with van der Waals surface area (Å²) in [6.07, 6.45) is 5.37. The van der Waals surface area contributed by atoms with E-state index in [-0.39, 0.29) is 6.29 Å². The van der Waals surface area contributed by atoms with Crippen molar-refractivity contribution in [1.29, 1.82) is 0 Å². The molecular weight excluding hydrogens is 324 g/mol. The lowest BCUT2D eigenvalue weighted by molar-refractivity contribution is -0.0461. The van der Waals surface area contributed by atoms with Gasteiger partial charge in [-0.2, -0.15) is 0 Å². The second kappa shape index (κ2) is 6.55. The molecule has 1 aromatic carbocycles. The quantitative estimate of drug-likeness (QED) is 0.709. The van der Waals surface area contributed by atoms with Crippen LogP contribution in [0.4, 0.5) is 0 Å². The first kappa shape index (κ1) is 15.6. The Hall–Kier alpha value is -1.88. The molecule has 0 unspecified atom stereocenters. The molecule has 5 heteroatoms. The first-order valence-corrected chi connectivity index (χ1v) is 8.55. The van der Waals surface area contributed by atoms with Crippen LogP contribution in [-0.4, -0.2) is 29.1 Å². The Kier molecular flexibility index (Phi) is 4.27. The fourth-order valence-electron chi connectivity index (χ4n) is 3.15. The van der Waals surface area contributed by atoms with Crippen molar-refractivity contribution in [2.45, 2.75) is 26.1 Å². The third kappa shape index (κ3) is 2.81. The van der Waals surface area contributed by atoms with Gasteiger partial charge in [0.1, 0.15) is 5.65 Å². The highest BCUT2D eigenvalue weighted by Gasteiger charge is 2.18. The average molecular weight is 343 g/mol. The van der Waals surface area contributed by atoms with Gasteiger partial charge in [-0.25, -0.2) is 4.98 Å². The number of pyridine rings is 1. The standard InChI is InChI=1S/C19H19ClN2O2/c1-13-4-2-3-5-16(13)22-9-8-15-18(20)14(12-21-19(15)22)6-7-17-23-10-11-24-17/h2-5,8-9,12,17H,6-7,10-11H2,1H3. The van der Waals surface area contributed by atoms with Crippen molar-refractivity contribution in [3.8, 4) is 5.69 Å². The van der Waals surface area contributed by atoms with Gasteiger partial charge in [-0.3, -0.25) is 0 Å². The summed E-state index contributed by atoms with van der Waals surface area (Å²) in [4.78, 5) is 4.66. The molecule has 2 aromatic heterocycles. The highest BCUT2D eigenvalue weighted by molar-refractivity contribution is 6.36. The van der Waals surface area contributed by atoms with E-state index in [0.717, 1.165) is 40.1 Å². The topological polar surface area (TPSA) is 36.3 Å². The van der Waals surface area contributed by atoms with Gasteiger partial charge in [0.25, 0.3) is 0 Å². The van der Waals surface area contributed by atoms with Crippen molar-refractivity contribution in [2.24, 2.45) is 0 Å². The molecule has 3 heterocycles. The second-order valence-electron chi connectivity index (χ2n) is 6.02. The first-order valence-electron chi connectivity index (χ1n) is 8.17. The van der Waals surface area contributed by atoms with Crippen LogP contribution in [0.5, 0.6) is 0 Å². The maximum Gasteiger partial charge on any atom is 0.158 e. The number of ether oxygens (including phenoxy) is 2. The maximum atomic E-state index is 6.63. The largest absolute Gasteiger partial charge is 0.350 e. The number of aryl methyl sites for hydroxylation is 2. The molecular formula is C19H19ClN2O2. The molecule has 1 aliphatic rings. The van der Waals surface area contributed by atoms with E-state index in [1.165, 1.54) is 5.56 Å². The monoisotopic (exact) mass is 342 g/mol. The summed E-state index contributed by atoms with van der Waals surface area (Å²) in [6, 6.07) is 10.3. The van der Waals surface area contributed by atoms with Gasteiger partial charge in [-0.05, 0) is 36.6 Å². The Labute approximate surface area is 146 Å². The summed E-state index contributed by atoms with van der Waals surface area (Å²) in [5.41, 5.74) is 4.24. The number of rotatable bonds is 4. The van der Waals surface area contributed by atoms with Crippen molar-refractivity contribution >= 4 is 22.6 Å². The summed E-state index contributed by atoms with van der Waals surface area (Å²) < 4.78 is 13.1. The van der Waals surface area contributed by atoms with Gasteiger partial charge in [0.2, 0.25) is 0 Å². The Balaban J connectivity index is 1.66. The molecule has 24 heavy (non-hydrogen) atoms. The van der Waals surface area contributed by atoms with Crippen LogP contribution < -0.4 is 0 Å². The van der Waals surface area contributed by atoms with Crippen LogP contribution in [0.3, 0.4) is 0 Å². The van der Waals surface area contributed by atoms with Gasteiger partial charge in [0.05, 0.1) is 18.2 Å². The molecule has 4 rings (SSSR count). The lowest BCUT2D eigenvalue weighted by atomic mass is 10.1. The van der Waals surface area contributed by atoms with E-state index in [1.807, 2.05) is 30.6 Å². The van der Waals surface area contributed by atoms with Crippen molar-refractivity contribution in [3.63, 3.8) is 0 Å². The highest BCUT2D eigenvalue weighted by atomic mass is 35.5. The zero-order valence-electron chi connectivity index (χ0n) is 13.5. The Morgan fingerprint density at radius 3 is 2.79 bits per heavy atom. The zero-order valence-corrected chi connectivity index (χ0v) is 14.3. The van der Waals surface area contributed by atoms with Gasteiger partial charge in [-0.15, -0.1) is 0 Å². The van der Waals surface area contributed by atoms with E-state index < -0.39 is 0 Å². The van der Waals surface area contributed by atoms with Crippen LogP contribution in [0.25, 0.3) is 16.7 Å². The van der Waals surface area contributed by atoms with Crippen LogP contribution in [0.2, 0.25) is 5.02 Å². The second-order valence-corrected chi connectivity index (χ2v) is 6.39. The number of halogens is 1. The summed E-state index contributed by atoms with van der Waals surface area (Å²) in [5.74, 6) is 0. The van der Waals surface area contributed by atoms with E-state index in [2.05, 4.69) is 28.6 Å². The molecule has 0 atom stereocenters. The van der Waals surface area contributed by atoms with E-state index in [9.17, 15) is 0 Å². The third-order valence-corrected chi connectivity index (χ3v) is 4.88. The summed E-state index contributed by atoms with van der Waals surface area (Å²) in [6.45, 7) is 3.45. The molecule has 124 valence electrons. The molecule has 0 amide bonds. The van der Waals surface area contributed by atoms with Gasteiger partial charge >= 0.3 is 0 Å². The first-order chi connectivity index (χ1) is 11.7. The van der Waals surface area contributed by atoms with E-state index >= 15 is 0 Å². The Morgan fingerprint density at radius 1 is 1.21 bits per heavy atom. The lowest BCUT2D eigenvalue weighted by Gasteiger charge is -2.11. The third-order valence-electron chi connectivity index (χ3n) is 4.44. The average Bonchev–Trinajstić information content (AvgIpc) is 3.24. The van der Waals surface area contributed by atoms with E-state index in [0.29, 0.717) is 13.2 Å². The number of benzene rings is 1. The molecule has 1 fully saturated rings. The zero-order chi connectivity index (χ0) is 16.5. The molecule has 0 radical (unpaired) electrons. The van der Waals surface area contributed by atoms with Crippen LogP contribution in [-0.2, 0) is 15.9 Å². The number of hydrogen-bond acceptors (Lipinski definition) is 3. The number of nitrogens with zero attached hydrogens (tertiary/aromatic N) is 2. The molecule has 0 spiro atoms. The van der Waals surface area contributed by atoms with Crippen molar-refractivity contribution < 1.29 is 9.47 Å². The normalized spacial score (nSPS) is 15.4. The van der Waals surface area contributed by atoms with E-state index in [4.69, 9.17) is 21.1 Å². The van der Waals surface area contributed by atoms with Crippen molar-refractivity contribution in [2.75, 3.05) is 13.2 Å². The molecule has 4 nitrogen and oxygen atoms in total. The highest BCUT2D eigenvalue weighted by Crippen LogP contribution is 2.30. The van der Waals surface area contributed by atoms with Gasteiger partial charge in [-0.1, -0.05) is 29.8 Å². The number of aromatic nitrogens is 2. The molecule has 1 saturated heterocycles. The van der Waals surface area contributed by atoms with Gasteiger partial charge < -0.3 is 14.0 Å². The predicted molar refractivity (Wildman–Crippen MR) is 94.8 cm³/mol. The van der Waals surface area contributed by atoms with Crippen LogP contribution in [0.15, 0.2) is 42.7 Å². The van der Waals surface area contributed by atoms with Crippen LogP contribution in [0.1, 0.15) is 17.5 Å². The van der Waals surface area contributed by atoms with Crippen LogP contribution in [0, 0.1) is 6.92 Å². The number of fused-ring (bicyclic) bond motifs is 1. The Bertz CT molecular complexity index is 869. The molecule has 0 N–H and O–H groups in total.